The highest BCUT2D eigenvalue weighted by Gasteiger charge is 2.24. The molecule has 1 aromatic carbocycles. The molecule has 21 heavy (non-hydrogen) atoms. The summed E-state index contributed by atoms with van der Waals surface area (Å²) in [6.45, 7) is 8.06. The zero-order valence-electron chi connectivity index (χ0n) is 13.4. The molecule has 0 atom stereocenters. The zero-order chi connectivity index (χ0) is 15.4. The maximum absolute atomic E-state index is 5.86. The monoisotopic (exact) mass is 286 g/mol. The topological polar surface area (TPSA) is 36.3 Å². The molecule has 0 aliphatic rings. The summed E-state index contributed by atoms with van der Waals surface area (Å²) in [4.78, 5) is 0. The Morgan fingerprint density at radius 3 is 1.95 bits per heavy atom. The van der Waals surface area contributed by atoms with Crippen LogP contribution in [0.25, 0.3) is 11.1 Å². The maximum Gasteiger partial charge on any atom is 0.494 e. The molecule has 0 amide bonds. The summed E-state index contributed by atoms with van der Waals surface area (Å²) in [5.41, 5.74) is 3.28. The Morgan fingerprint density at radius 2 is 1.52 bits per heavy atom. The van der Waals surface area contributed by atoms with E-state index in [-0.39, 0.29) is 19.3 Å². The number of hydrogen-bond acceptors (Lipinski definition) is 3. The van der Waals surface area contributed by atoms with Crippen LogP contribution in [-0.2, 0) is 16.4 Å². The van der Waals surface area contributed by atoms with Gasteiger partial charge in [-0.05, 0) is 38.7 Å². The smallest absolute Gasteiger partial charge is 0.405 e. The first-order valence-corrected chi connectivity index (χ1v) is 7.35. The first-order chi connectivity index (χ1) is 9.95. The molecule has 0 N–H and O–H groups in total. The van der Waals surface area contributed by atoms with Crippen molar-refractivity contribution in [3.8, 4) is 11.1 Å². The minimum absolute atomic E-state index is 0.117. The van der Waals surface area contributed by atoms with Crippen molar-refractivity contribution in [2.45, 2.75) is 39.9 Å². The third kappa shape index (κ3) is 4.44. The zero-order valence-corrected chi connectivity index (χ0v) is 13.4. The fraction of sp³-hybridized carbons (Fsp3) is 0.438. The summed E-state index contributed by atoms with van der Waals surface area (Å²) in [6, 6.07) is 8.26. The van der Waals surface area contributed by atoms with E-state index < -0.39 is 0 Å². The van der Waals surface area contributed by atoms with Crippen LogP contribution < -0.4 is 5.46 Å². The lowest BCUT2D eigenvalue weighted by atomic mass is 9.77. The number of aromatic nitrogens is 2. The second-order valence-corrected chi connectivity index (χ2v) is 5.73. The number of aryl methyl sites for hydroxylation is 1. The van der Waals surface area contributed by atoms with E-state index in [4.69, 9.17) is 9.31 Å². The van der Waals surface area contributed by atoms with Gasteiger partial charge in [-0.1, -0.05) is 24.3 Å². The normalized spacial score (nSPS) is 11.4. The molecular weight excluding hydrogens is 263 g/mol. The van der Waals surface area contributed by atoms with Crippen LogP contribution in [0.4, 0.5) is 0 Å². The molecule has 1 aromatic heterocycles. The lowest BCUT2D eigenvalue weighted by Crippen LogP contribution is -2.40. The summed E-state index contributed by atoms with van der Waals surface area (Å²) in [7, 11) is 1.59. The molecule has 0 unspecified atom stereocenters. The summed E-state index contributed by atoms with van der Waals surface area (Å²) >= 11 is 0. The summed E-state index contributed by atoms with van der Waals surface area (Å²) in [5.74, 6) is 0. The standard InChI is InChI=1S/C16H23BN2O2/c1-12(2)20-17(21-13(3)4)16-8-6-14(7-9-16)15-10-18-19(5)11-15/h6-13H,1-5H3. The number of rotatable bonds is 6. The second kappa shape index (κ2) is 6.92. The average Bonchev–Trinajstić information content (AvgIpc) is 2.84. The van der Waals surface area contributed by atoms with E-state index in [1.807, 2.05) is 47.1 Å². The summed E-state index contributed by atoms with van der Waals surface area (Å²) < 4.78 is 13.5. The van der Waals surface area contributed by atoms with Crippen molar-refractivity contribution in [2.24, 2.45) is 7.05 Å². The first kappa shape index (κ1) is 15.8. The SMILES string of the molecule is CC(C)OB(OC(C)C)c1ccc(-c2cnn(C)c2)cc1. The largest absolute Gasteiger partial charge is 0.494 e. The molecule has 0 bridgehead atoms. The molecule has 5 heteroatoms. The van der Waals surface area contributed by atoms with E-state index in [9.17, 15) is 0 Å². The van der Waals surface area contributed by atoms with Gasteiger partial charge in [0, 0.05) is 31.0 Å². The van der Waals surface area contributed by atoms with E-state index in [0.29, 0.717) is 0 Å². The van der Waals surface area contributed by atoms with Gasteiger partial charge in [0.05, 0.1) is 6.20 Å². The van der Waals surface area contributed by atoms with Gasteiger partial charge in [0.25, 0.3) is 0 Å². The van der Waals surface area contributed by atoms with Crippen molar-refractivity contribution in [2.75, 3.05) is 0 Å². The number of hydrogen-bond donors (Lipinski definition) is 0. The Bertz CT molecular complexity index is 554. The maximum atomic E-state index is 5.86. The van der Waals surface area contributed by atoms with Gasteiger partial charge >= 0.3 is 7.12 Å². The molecule has 0 aliphatic carbocycles. The molecular formula is C16H23BN2O2. The van der Waals surface area contributed by atoms with E-state index in [2.05, 4.69) is 29.4 Å². The van der Waals surface area contributed by atoms with Gasteiger partial charge in [0.2, 0.25) is 0 Å². The molecule has 4 nitrogen and oxygen atoms in total. The predicted molar refractivity (Wildman–Crippen MR) is 86.5 cm³/mol. The highest BCUT2D eigenvalue weighted by atomic mass is 16.6. The Hall–Kier alpha value is -1.59. The molecule has 112 valence electrons. The van der Waals surface area contributed by atoms with E-state index in [0.717, 1.165) is 16.6 Å². The minimum Gasteiger partial charge on any atom is -0.405 e. The van der Waals surface area contributed by atoms with Crippen molar-refractivity contribution >= 4 is 12.6 Å². The van der Waals surface area contributed by atoms with Crippen LogP contribution in [0, 0.1) is 0 Å². The van der Waals surface area contributed by atoms with Crippen molar-refractivity contribution < 1.29 is 9.31 Å². The number of benzene rings is 1. The van der Waals surface area contributed by atoms with Gasteiger partial charge in [-0.3, -0.25) is 4.68 Å². The molecule has 0 spiro atoms. The van der Waals surface area contributed by atoms with E-state index in [1.54, 1.807) is 4.68 Å². The van der Waals surface area contributed by atoms with Gasteiger partial charge in [0.1, 0.15) is 0 Å². The summed E-state index contributed by atoms with van der Waals surface area (Å²) in [5, 5.41) is 4.20. The van der Waals surface area contributed by atoms with Gasteiger partial charge in [0.15, 0.2) is 0 Å². The molecule has 0 radical (unpaired) electrons. The summed E-state index contributed by atoms with van der Waals surface area (Å²) in [6.07, 6.45) is 4.10. The van der Waals surface area contributed by atoms with Crippen LogP contribution in [0.1, 0.15) is 27.7 Å². The van der Waals surface area contributed by atoms with Crippen molar-refractivity contribution in [1.82, 2.24) is 9.78 Å². The van der Waals surface area contributed by atoms with E-state index in [1.165, 1.54) is 0 Å². The van der Waals surface area contributed by atoms with Crippen LogP contribution in [-0.4, -0.2) is 29.1 Å². The van der Waals surface area contributed by atoms with Crippen LogP contribution >= 0.6 is 0 Å². The lowest BCUT2D eigenvalue weighted by molar-refractivity contribution is 0.139. The van der Waals surface area contributed by atoms with E-state index >= 15 is 0 Å². The Morgan fingerprint density at radius 1 is 0.952 bits per heavy atom. The van der Waals surface area contributed by atoms with Crippen molar-refractivity contribution in [3.05, 3.63) is 36.7 Å². The highest BCUT2D eigenvalue weighted by Crippen LogP contribution is 2.17. The minimum atomic E-state index is -0.326. The number of nitrogens with zero attached hydrogens (tertiary/aromatic N) is 2. The molecule has 1 heterocycles. The van der Waals surface area contributed by atoms with Crippen molar-refractivity contribution in [1.29, 1.82) is 0 Å². The van der Waals surface area contributed by atoms with Crippen LogP contribution in [0.3, 0.4) is 0 Å². The predicted octanol–water partition coefficient (Wildman–Crippen LogP) is 2.63. The van der Waals surface area contributed by atoms with Gasteiger partial charge in [-0.25, -0.2) is 0 Å². The highest BCUT2D eigenvalue weighted by molar-refractivity contribution is 6.61. The van der Waals surface area contributed by atoms with Crippen LogP contribution in [0.5, 0.6) is 0 Å². The Balaban J connectivity index is 2.18. The molecule has 0 saturated heterocycles. The quantitative estimate of drug-likeness (QED) is 0.766. The Kier molecular flexibility index (Phi) is 5.20. The molecule has 0 saturated carbocycles. The molecule has 0 fully saturated rings. The lowest BCUT2D eigenvalue weighted by Gasteiger charge is -2.20. The Labute approximate surface area is 127 Å². The third-order valence-corrected chi connectivity index (χ3v) is 3.01. The first-order valence-electron chi connectivity index (χ1n) is 7.35. The third-order valence-electron chi connectivity index (χ3n) is 3.01. The second-order valence-electron chi connectivity index (χ2n) is 5.73. The fourth-order valence-electron chi connectivity index (χ4n) is 2.09. The van der Waals surface area contributed by atoms with Gasteiger partial charge < -0.3 is 9.31 Å². The fourth-order valence-corrected chi connectivity index (χ4v) is 2.09. The molecule has 0 aliphatic heterocycles. The van der Waals surface area contributed by atoms with Crippen molar-refractivity contribution in [3.63, 3.8) is 0 Å². The van der Waals surface area contributed by atoms with Gasteiger partial charge in [-0.2, -0.15) is 5.10 Å². The molecule has 2 aromatic rings. The average molecular weight is 286 g/mol. The van der Waals surface area contributed by atoms with Crippen LogP contribution in [0.15, 0.2) is 36.7 Å². The molecule has 2 rings (SSSR count). The van der Waals surface area contributed by atoms with Gasteiger partial charge in [-0.15, -0.1) is 0 Å². The van der Waals surface area contributed by atoms with Crippen LogP contribution in [0.2, 0.25) is 0 Å².